The fraction of sp³-hybridized carbons (Fsp3) is 0.381. The number of amides is 1. The summed E-state index contributed by atoms with van der Waals surface area (Å²) in [4.78, 5) is 12.2. The fourth-order valence-corrected chi connectivity index (χ4v) is 2.64. The first-order valence-electron chi connectivity index (χ1n) is 9.07. The normalized spacial score (nSPS) is 10.4. The van der Waals surface area contributed by atoms with Crippen molar-refractivity contribution < 1.29 is 14.3 Å². The Kier molecular flexibility index (Phi) is 8.29. The van der Waals surface area contributed by atoms with Crippen LogP contribution in [-0.2, 0) is 11.2 Å². The summed E-state index contributed by atoms with van der Waals surface area (Å²) in [6, 6.07) is 13.1. The molecule has 140 valence electrons. The van der Waals surface area contributed by atoms with E-state index in [9.17, 15) is 4.79 Å². The highest BCUT2D eigenvalue weighted by Gasteiger charge is 2.09. The zero-order chi connectivity index (χ0) is 18.8. The SMILES string of the molecule is CCCCOc1ccc(CCC(=O)Nc2ccccc2Cl)cc1OCC. The van der Waals surface area contributed by atoms with Gasteiger partial charge in [0.2, 0.25) is 5.91 Å². The van der Waals surface area contributed by atoms with Crippen LogP contribution in [0.3, 0.4) is 0 Å². The van der Waals surface area contributed by atoms with Crippen molar-refractivity contribution in [3.8, 4) is 11.5 Å². The van der Waals surface area contributed by atoms with Gasteiger partial charge in [-0.15, -0.1) is 0 Å². The summed E-state index contributed by atoms with van der Waals surface area (Å²) in [6.45, 7) is 5.32. The molecule has 5 heteroatoms. The summed E-state index contributed by atoms with van der Waals surface area (Å²) in [5.41, 5.74) is 1.67. The number of unbranched alkanes of at least 4 members (excludes halogenated alkanes) is 1. The summed E-state index contributed by atoms with van der Waals surface area (Å²) in [6.07, 6.45) is 3.08. The van der Waals surface area contributed by atoms with Crippen molar-refractivity contribution in [3.05, 3.63) is 53.1 Å². The molecule has 0 aromatic heterocycles. The van der Waals surface area contributed by atoms with Gasteiger partial charge in [-0.2, -0.15) is 0 Å². The Morgan fingerprint density at radius 2 is 1.88 bits per heavy atom. The molecule has 0 aliphatic heterocycles. The van der Waals surface area contributed by atoms with E-state index in [4.69, 9.17) is 21.1 Å². The number of hydrogen-bond donors (Lipinski definition) is 1. The number of carbonyl (C=O) groups is 1. The highest BCUT2D eigenvalue weighted by molar-refractivity contribution is 6.33. The van der Waals surface area contributed by atoms with Crippen LogP contribution in [0, 0.1) is 0 Å². The van der Waals surface area contributed by atoms with Gasteiger partial charge in [0.05, 0.1) is 23.9 Å². The van der Waals surface area contributed by atoms with E-state index >= 15 is 0 Å². The molecule has 0 heterocycles. The quantitative estimate of drug-likeness (QED) is 0.558. The molecule has 0 aliphatic rings. The highest BCUT2D eigenvalue weighted by atomic mass is 35.5. The summed E-state index contributed by atoms with van der Waals surface area (Å²) in [7, 11) is 0. The lowest BCUT2D eigenvalue weighted by Gasteiger charge is -2.13. The van der Waals surface area contributed by atoms with Gasteiger partial charge in [-0.05, 0) is 49.6 Å². The van der Waals surface area contributed by atoms with E-state index in [-0.39, 0.29) is 5.91 Å². The van der Waals surface area contributed by atoms with Crippen LogP contribution in [0.25, 0.3) is 0 Å². The lowest BCUT2D eigenvalue weighted by atomic mass is 10.1. The molecular formula is C21H26ClNO3. The van der Waals surface area contributed by atoms with Gasteiger partial charge in [0.1, 0.15) is 0 Å². The Balaban J connectivity index is 1.94. The lowest BCUT2D eigenvalue weighted by Crippen LogP contribution is -2.12. The van der Waals surface area contributed by atoms with E-state index in [1.807, 2.05) is 37.3 Å². The molecule has 0 bridgehead atoms. The Labute approximate surface area is 160 Å². The van der Waals surface area contributed by atoms with Gasteiger partial charge in [0.15, 0.2) is 11.5 Å². The van der Waals surface area contributed by atoms with Crippen molar-refractivity contribution >= 4 is 23.2 Å². The van der Waals surface area contributed by atoms with Crippen LogP contribution in [0.15, 0.2) is 42.5 Å². The molecule has 0 atom stereocenters. The third kappa shape index (κ3) is 6.26. The summed E-state index contributed by atoms with van der Waals surface area (Å²) in [5.74, 6) is 1.41. The van der Waals surface area contributed by atoms with Crippen LogP contribution in [0.4, 0.5) is 5.69 Å². The zero-order valence-electron chi connectivity index (χ0n) is 15.4. The summed E-state index contributed by atoms with van der Waals surface area (Å²) in [5, 5.41) is 3.37. The van der Waals surface area contributed by atoms with Crippen molar-refractivity contribution in [1.82, 2.24) is 0 Å². The van der Waals surface area contributed by atoms with Crippen molar-refractivity contribution in [2.75, 3.05) is 18.5 Å². The first-order chi connectivity index (χ1) is 12.6. The number of para-hydroxylation sites is 1. The number of hydrogen-bond acceptors (Lipinski definition) is 3. The van der Waals surface area contributed by atoms with Crippen molar-refractivity contribution in [2.24, 2.45) is 0 Å². The molecule has 0 unspecified atom stereocenters. The van der Waals surface area contributed by atoms with Gasteiger partial charge in [-0.25, -0.2) is 0 Å². The maximum absolute atomic E-state index is 12.2. The number of benzene rings is 2. The number of halogens is 1. The van der Waals surface area contributed by atoms with Crippen LogP contribution >= 0.6 is 11.6 Å². The van der Waals surface area contributed by atoms with Crippen molar-refractivity contribution in [1.29, 1.82) is 0 Å². The maximum atomic E-state index is 12.2. The second kappa shape index (κ2) is 10.7. The molecule has 2 aromatic rings. The monoisotopic (exact) mass is 375 g/mol. The average molecular weight is 376 g/mol. The largest absolute Gasteiger partial charge is 0.490 e. The number of aryl methyl sites for hydroxylation is 1. The molecule has 1 N–H and O–H groups in total. The smallest absolute Gasteiger partial charge is 0.224 e. The minimum Gasteiger partial charge on any atom is -0.490 e. The number of carbonyl (C=O) groups excluding carboxylic acids is 1. The minimum absolute atomic E-state index is 0.0701. The Bertz CT molecular complexity index is 718. The van der Waals surface area contributed by atoms with E-state index in [1.165, 1.54) is 0 Å². The molecule has 2 rings (SSSR count). The van der Waals surface area contributed by atoms with E-state index in [1.54, 1.807) is 12.1 Å². The number of nitrogens with one attached hydrogen (secondary N) is 1. The molecule has 26 heavy (non-hydrogen) atoms. The van der Waals surface area contributed by atoms with Crippen molar-refractivity contribution in [3.63, 3.8) is 0 Å². The van der Waals surface area contributed by atoms with E-state index in [0.717, 1.165) is 29.9 Å². The molecular weight excluding hydrogens is 350 g/mol. The molecule has 1 amide bonds. The number of anilines is 1. The van der Waals surface area contributed by atoms with Gasteiger partial charge >= 0.3 is 0 Å². The van der Waals surface area contributed by atoms with E-state index in [2.05, 4.69) is 12.2 Å². The molecule has 0 radical (unpaired) electrons. The average Bonchev–Trinajstić information content (AvgIpc) is 2.64. The predicted molar refractivity (Wildman–Crippen MR) is 106 cm³/mol. The second-order valence-corrected chi connectivity index (χ2v) is 6.35. The molecule has 0 saturated carbocycles. The van der Waals surface area contributed by atoms with Gasteiger partial charge in [-0.1, -0.05) is 43.1 Å². The molecule has 4 nitrogen and oxygen atoms in total. The molecule has 0 spiro atoms. The third-order valence-electron chi connectivity index (χ3n) is 3.85. The number of ether oxygens (including phenoxy) is 2. The summed E-state index contributed by atoms with van der Waals surface area (Å²) < 4.78 is 11.5. The van der Waals surface area contributed by atoms with Crippen molar-refractivity contribution in [2.45, 2.75) is 39.5 Å². The number of rotatable bonds is 10. The molecule has 0 aliphatic carbocycles. The standard InChI is InChI=1S/C21H26ClNO3/c1-3-5-14-26-19-12-10-16(15-20(19)25-4-2)11-13-21(24)23-18-9-7-6-8-17(18)22/h6-10,12,15H,3-5,11,13-14H2,1-2H3,(H,23,24). The predicted octanol–water partition coefficient (Wildman–Crippen LogP) is 5.49. The Morgan fingerprint density at radius 1 is 1.08 bits per heavy atom. The van der Waals surface area contributed by atoms with Crippen LogP contribution in [0.5, 0.6) is 11.5 Å². The van der Waals surface area contributed by atoms with Gasteiger partial charge in [0, 0.05) is 6.42 Å². The van der Waals surface area contributed by atoms with Crippen LogP contribution in [0.1, 0.15) is 38.7 Å². The fourth-order valence-electron chi connectivity index (χ4n) is 2.46. The summed E-state index contributed by atoms with van der Waals surface area (Å²) >= 11 is 6.07. The Morgan fingerprint density at radius 3 is 2.62 bits per heavy atom. The van der Waals surface area contributed by atoms with E-state index < -0.39 is 0 Å². The second-order valence-electron chi connectivity index (χ2n) is 5.94. The molecule has 2 aromatic carbocycles. The van der Waals surface area contributed by atoms with Gasteiger partial charge in [0.25, 0.3) is 0 Å². The lowest BCUT2D eigenvalue weighted by molar-refractivity contribution is -0.116. The van der Waals surface area contributed by atoms with Gasteiger partial charge < -0.3 is 14.8 Å². The first kappa shape index (κ1) is 20.1. The Hall–Kier alpha value is -2.20. The highest BCUT2D eigenvalue weighted by Crippen LogP contribution is 2.29. The van der Waals surface area contributed by atoms with Crippen LogP contribution < -0.4 is 14.8 Å². The zero-order valence-corrected chi connectivity index (χ0v) is 16.1. The maximum Gasteiger partial charge on any atom is 0.224 e. The van der Waals surface area contributed by atoms with Gasteiger partial charge in [-0.3, -0.25) is 4.79 Å². The third-order valence-corrected chi connectivity index (χ3v) is 4.18. The topological polar surface area (TPSA) is 47.6 Å². The minimum atomic E-state index is -0.0701. The van der Waals surface area contributed by atoms with Crippen LogP contribution in [0.2, 0.25) is 5.02 Å². The molecule has 0 saturated heterocycles. The molecule has 0 fully saturated rings. The van der Waals surface area contributed by atoms with Crippen LogP contribution in [-0.4, -0.2) is 19.1 Å². The van der Waals surface area contributed by atoms with E-state index in [0.29, 0.717) is 36.8 Å². The first-order valence-corrected chi connectivity index (χ1v) is 9.44.